The molecule has 0 aliphatic heterocycles. The summed E-state index contributed by atoms with van der Waals surface area (Å²) in [6.45, 7) is 4.81. The third kappa shape index (κ3) is 39.2. The maximum absolute atomic E-state index is 12.9. The Labute approximate surface area is 334 Å². The second-order valence-electron chi connectivity index (χ2n) is 16.8. The van der Waals surface area contributed by atoms with Gasteiger partial charge in [-0.05, 0) is 44.9 Å². The fourth-order valence-electron chi connectivity index (χ4n) is 6.51. The Morgan fingerprint density at radius 2 is 1.00 bits per heavy atom. The Morgan fingerprint density at radius 3 is 1.43 bits per heavy atom. The molecule has 0 saturated heterocycles. The summed E-state index contributed by atoms with van der Waals surface area (Å²) in [6, 6.07) is -0.843. The van der Waals surface area contributed by atoms with E-state index in [0.29, 0.717) is 17.4 Å². The normalized spacial score (nSPS) is 14.6. The predicted octanol–water partition coefficient (Wildman–Crippen LogP) is 12.5. The zero-order valence-electron chi connectivity index (χ0n) is 36.2. The lowest BCUT2D eigenvalue weighted by Crippen LogP contribution is -2.45. The van der Waals surface area contributed by atoms with E-state index in [1.165, 1.54) is 148 Å². The molecule has 0 spiro atoms. The van der Waals surface area contributed by atoms with Crippen LogP contribution in [0.4, 0.5) is 0 Å². The highest BCUT2D eigenvalue weighted by Crippen LogP contribution is 2.43. The van der Waals surface area contributed by atoms with E-state index in [0.717, 1.165) is 38.5 Å². The van der Waals surface area contributed by atoms with Crippen LogP contribution in [0, 0.1) is 0 Å². The number of likely N-dealkylation sites (N-methyl/N-ethyl adjacent to an activating group) is 1. The highest BCUT2D eigenvalue weighted by Gasteiger charge is 2.27. The number of hydrogen-bond acceptors (Lipinski definition) is 5. The molecule has 0 aromatic heterocycles. The number of quaternary nitrogens is 1. The Morgan fingerprint density at radius 1 is 0.611 bits per heavy atom. The topological polar surface area (TPSA) is 105 Å². The summed E-state index contributed by atoms with van der Waals surface area (Å²) in [6.07, 6.45) is 43.8. The highest BCUT2D eigenvalue weighted by molar-refractivity contribution is 7.47. The van der Waals surface area contributed by atoms with Crippen LogP contribution in [0.15, 0.2) is 24.3 Å². The van der Waals surface area contributed by atoms with Crippen molar-refractivity contribution in [1.29, 1.82) is 0 Å². The molecule has 3 N–H and O–H groups in total. The van der Waals surface area contributed by atoms with Crippen LogP contribution in [0.3, 0.4) is 0 Å². The lowest BCUT2D eigenvalue weighted by atomic mass is 10.0. The minimum atomic E-state index is -4.33. The lowest BCUT2D eigenvalue weighted by Gasteiger charge is -2.25. The Bertz CT molecular complexity index is 938. The van der Waals surface area contributed by atoms with Crippen molar-refractivity contribution < 1.29 is 32.9 Å². The molecule has 0 rings (SSSR count). The first-order chi connectivity index (χ1) is 26.0. The minimum Gasteiger partial charge on any atom is -0.387 e. The second kappa shape index (κ2) is 37.6. The van der Waals surface area contributed by atoms with Gasteiger partial charge in [0.1, 0.15) is 13.2 Å². The van der Waals surface area contributed by atoms with E-state index in [-0.39, 0.29) is 19.1 Å². The molecule has 0 heterocycles. The summed E-state index contributed by atoms with van der Waals surface area (Å²) < 4.78 is 23.5. The van der Waals surface area contributed by atoms with Crippen LogP contribution >= 0.6 is 7.82 Å². The molecule has 0 radical (unpaired) electrons. The molecule has 0 aliphatic carbocycles. The van der Waals surface area contributed by atoms with Gasteiger partial charge in [0, 0.05) is 6.42 Å². The highest BCUT2D eigenvalue weighted by atomic mass is 31.2. The van der Waals surface area contributed by atoms with Gasteiger partial charge in [0.2, 0.25) is 5.91 Å². The van der Waals surface area contributed by atoms with Crippen LogP contribution in [0.1, 0.15) is 206 Å². The summed E-state index contributed by atoms with van der Waals surface area (Å²) in [5, 5.41) is 13.8. The molecule has 0 aliphatic rings. The summed E-state index contributed by atoms with van der Waals surface area (Å²) in [5.41, 5.74) is 0. The van der Waals surface area contributed by atoms with E-state index in [4.69, 9.17) is 9.05 Å². The monoisotopic (exact) mass is 786 g/mol. The predicted molar refractivity (Wildman–Crippen MR) is 231 cm³/mol. The van der Waals surface area contributed by atoms with E-state index in [1.807, 2.05) is 27.2 Å². The SMILES string of the molecule is CCCCCCCC/C=C/CCCCCCCCCCCC(=O)N[C@@H](COP(=O)(O)OCC[N+](C)(C)C)[C@H](O)/C=C/CCCCCCCCCCCCC. The third-order valence-electron chi connectivity index (χ3n) is 10.2. The van der Waals surface area contributed by atoms with E-state index in [9.17, 15) is 19.4 Å². The molecule has 0 aromatic carbocycles. The summed E-state index contributed by atoms with van der Waals surface area (Å²) >= 11 is 0. The first-order valence-electron chi connectivity index (χ1n) is 22.7. The Balaban J connectivity index is 4.36. The summed E-state index contributed by atoms with van der Waals surface area (Å²) in [4.78, 5) is 23.1. The van der Waals surface area contributed by atoms with Gasteiger partial charge in [0.05, 0.1) is 39.9 Å². The van der Waals surface area contributed by atoms with Gasteiger partial charge < -0.3 is 19.8 Å². The smallest absolute Gasteiger partial charge is 0.387 e. The molecular weight excluding hydrogens is 695 g/mol. The maximum atomic E-state index is 12.9. The van der Waals surface area contributed by atoms with Crippen LogP contribution in [-0.2, 0) is 18.4 Å². The maximum Gasteiger partial charge on any atom is 0.472 e. The van der Waals surface area contributed by atoms with Crippen LogP contribution in [0.2, 0.25) is 0 Å². The fraction of sp³-hybridized carbons (Fsp3) is 0.889. The van der Waals surface area contributed by atoms with Crippen molar-refractivity contribution in [1.82, 2.24) is 5.32 Å². The molecule has 1 unspecified atom stereocenters. The Kier molecular flexibility index (Phi) is 36.8. The molecule has 8 nitrogen and oxygen atoms in total. The molecule has 1 amide bonds. The quantitative estimate of drug-likeness (QED) is 0.0247. The number of carbonyl (C=O) groups excluding carboxylic acids is 1. The lowest BCUT2D eigenvalue weighted by molar-refractivity contribution is -0.870. The van der Waals surface area contributed by atoms with Crippen LogP contribution < -0.4 is 5.32 Å². The van der Waals surface area contributed by atoms with Gasteiger partial charge >= 0.3 is 7.82 Å². The van der Waals surface area contributed by atoms with E-state index in [1.54, 1.807) is 6.08 Å². The number of amides is 1. The number of phosphoric ester groups is 1. The number of carbonyl (C=O) groups is 1. The van der Waals surface area contributed by atoms with Crippen molar-refractivity contribution in [2.24, 2.45) is 0 Å². The third-order valence-corrected chi connectivity index (χ3v) is 11.1. The molecule has 0 bridgehead atoms. The van der Waals surface area contributed by atoms with Crippen molar-refractivity contribution in [3.05, 3.63) is 24.3 Å². The molecule has 3 atom stereocenters. The van der Waals surface area contributed by atoms with E-state index >= 15 is 0 Å². The molecule has 0 aromatic rings. The van der Waals surface area contributed by atoms with Gasteiger partial charge in [-0.15, -0.1) is 0 Å². The fourth-order valence-corrected chi connectivity index (χ4v) is 7.24. The van der Waals surface area contributed by atoms with Crippen molar-refractivity contribution >= 4 is 13.7 Å². The molecular formula is C45H90N2O6P+. The largest absolute Gasteiger partial charge is 0.472 e. The first kappa shape index (κ1) is 53.0. The number of nitrogens with zero attached hydrogens (tertiary/aromatic N) is 1. The minimum absolute atomic E-state index is 0.0622. The average Bonchev–Trinajstić information content (AvgIpc) is 3.12. The van der Waals surface area contributed by atoms with Gasteiger partial charge in [0.25, 0.3) is 0 Å². The zero-order valence-corrected chi connectivity index (χ0v) is 37.1. The summed E-state index contributed by atoms with van der Waals surface area (Å²) in [7, 11) is 1.57. The molecule has 320 valence electrons. The number of nitrogens with one attached hydrogen (secondary N) is 1. The zero-order chi connectivity index (χ0) is 40.0. The summed E-state index contributed by atoms with van der Waals surface area (Å²) in [5.74, 6) is -0.179. The van der Waals surface area contributed by atoms with Crippen LogP contribution in [0.25, 0.3) is 0 Å². The number of unbranched alkanes of at least 4 members (excludes halogenated alkanes) is 26. The van der Waals surface area contributed by atoms with Crippen LogP contribution in [-0.4, -0.2) is 73.4 Å². The standard InChI is InChI=1S/C45H89N2O6P/c1-6-8-10-12-14-16-18-20-21-22-23-24-25-27-29-31-33-35-37-39-45(49)46-43(42-53-54(50,51)52-41-40-47(3,4)5)44(48)38-36-34-32-30-28-26-19-17-15-13-11-9-7-2/h20-21,36,38,43-44,48H,6-19,22-35,37,39-42H2,1-5H3,(H-,46,49,50,51)/p+1/b21-20+,38-36+/t43-,44+/m0/s1. The van der Waals surface area contributed by atoms with Gasteiger partial charge in [-0.2, -0.15) is 0 Å². The van der Waals surface area contributed by atoms with Crippen molar-refractivity contribution in [3.63, 3.8) is 0 Å². The number of allylic oxidation sites excluding steroid dienone is 3. The number of hydrogen-bond donors (Lipinski definition) is 3. The average molecular weight is 786 g/mol. The molecule has 9 heteroatoms. The van der Waals surface area contributed by atoms with E-state index in [2.05, 4.69) is 31.3 Å². The first-order valence-corrected chi connectivity index (χ1v) is 24.2. The number of phosphoric acid groups is 1. The van der Waals surface area contributed by atoms with Crippen LogP contribution in [0.5, 0.6) is 0 Å². The van der Waals surface area contributed by atoms with Gasteiger partial charge in [-0.1, -0.05) is 179 Å². The number of rotatable bonds is 41. The van der Waals surface area contributed by atoms with Crippen molar-refractivity contribution in [2.45, 2.75) is 219 Å². The number of aliphatic hydroxyl groups excluding tert-OH is 1. The molecule has 0 saturated carbocycles. The van der Waals surface area contributed by atoms with Crippen molar-refractivity contribution in [3.8, 4) is 0 Å². The second-order valence-corrected chi connectivity index (χ2v) is 18.2. The van der Waals surface area contributed by atoms with Crippen molar-refractivity contribution in [2.75, 3.05) is 40.9 Å². The molecule has 54 heavy (non-hydrogen) atoms. The van der Waals surface area contributed by atoms with Gasteiger partial charge in [-0.25, -0.2) is 4.57 Å². The van der Waals surface area contributed by atoms with Gasteiger partial charge in [-0.3, -0.25) is 13.8 Å². The Hall–Kier alpha value is -1.02. The van der Waals surface area contributed by atoms with Gasteiger partial charge in [0.15, 0.2) is 0 Å². The van der Waals surface area contributed by atoms with E-state index < -0.39 is 20.0 Å². The molecule has 0 fully saturated rings. The number of aliphatic hydroxyl groups is 1.